The SMILES string of the molecule is COC(=O)C1C=C(c2ccc(-c3cccc(S(C)(=O)=O)c3)s2)N(c2ccncc2)N1. The van der Waals surface area contributed by atoms with E-state index in [9.17, 15) is 13.2 Å². The third kappa shape index (κ3) is 4.00. The van der Waals surface area contributed by atoms with E-state index in [1.807, 2.05) is 41.4 Å². The number of aromatic nitrogens is 1. The van der Waals surface area contributed by atoms with Gasteiger partial charge in [0.05, 0.1) is 28.3 Å². The van der Waals surface area contributed by atoms with Crippen LogP contribution in [0.25, 0.3) is 16.1 Å². The van der Waals surface area contributed by atoms with Crippen LogP contribution in [0.2, 0.25) is 0 Å². The fraction of sp³-hybridized carbons (Fsp3) is 0.143. The van der Waals surface area contributed by atoms with Gasteiger partial charge in [0, 0.05) is 23.5 Å². The van der Waals surface area contributed by atoms with Crippen molar-refractivity contribution < 1.29 is 17.9 Å². The number of thiophene rings is 1. The summed E-state index contributed by atoms with van der Waals surface area (Å²) in [4.78, 5) is 18.3. The van der Waals surface area contributed by atoms with Gasteiger partial charge in [0.1, 0.15) is 6.04 Å². The zero-order valence-electron chi connectivity index (χ0n) is 16.3. The first-order valence-electron chi connectivity index (χ1n) is 9.03. The molecule has 0 saturated carbocycles. The van der Waals surface area contributed by atoms with E-state index in [4.69, 9.17) is 4.74 Å². The van der Waals surface area contributed by atoms with Gasteiger partial charge < -0.3 is 4.74 Å². The summed E-state index contributed by atoms with van der Waals surface area (Å²) < 4.78 is 28.7. The summed E-state index contributed by atoms with van der Waals surface area (Å²) in [6.45, 7) is 0. The largest absolute Gasteiger partial charge is 0.468 e. The van der Waals surface area contributed by atoms with Crippen molar-refractivity contribution in [3.8, 4) is 10.4 Å². The number of ether oxygens (including phenoxy) is 1. The average Bonchev–Trinajstić information content (AvgIpc) is 3.41. The molecule has 4 rings (SSSR count). The van der Waals surface area contributed by atoms with Crippen molar-refractivity contribution in [2.24, 2.45) is 0 Å². The zero-order valence-corrected chi connectivity index (χ0v) is 17.9. The van der Waals surface area contributed by atoms with Crippen LogP contribution in [-0.4, -0.2) is 38.8 Å². The minimum Gasteiger partial charge on any atom is -0.468 e. The van der Waals surface area contributed by atoms with E-state index < -0.39 is 15.9 Å². The number of methoxy groups -OCH3 is 1. The number of sulfone groups is 1. The van der Waals surface area contributed by atoms with Crippen LogP contribution in [-0.2, 0) is 19.4 Å². The van der Waals surface area contributed by atoms with E-state index in [1.165, 1.54) is 24.7 Å². The van der Waals surface area contributed by atoms with Gasteiger partial charge in [-0.2, -0.15) is 0 Å². The molecule has 1 atom stereocenters. The molecule has 3 heterocycles. The molecule has 30 heavy (non-hydrogen) atoms. The number of hydrogen-bond donors (Lipinski definition) is 1. The number of benzene rings is 1. The molecule has 154 valence electrons. The smallest absolute Gasteiger partial charge is 0.328 e. The standard InChI is InChI=1S/C21H19N3O4S2/c1-28-21(25)17-13-18(24(23-17)15-8-10-22-11-9-15)20-7-6-19(29-20)14-4-3-5-16(12-14)30(2,26)27/h3-13,17,23H,1-2H3. The Bertz CT molecular complexity index is 1220. The highest BCUT2D eigenvalue weighted by molar-refractivity contribution is 7.90. The molecule has 1 aliphatic heterocycles. The molecule has 0 saturated heterocycles. The molecule has 1 aromatic carbocycles. The maximum absolute atomic E-state index is 12.1. The van der Waals surface area contributed by atoms with Crippen LogP contribution in [0.3, 0.4) is 0 Å². The van der Waals surface area contributed by atoms with Crippen LogP contribution >= 0.6 is 11.3 Å². The molecule has 1 N–H and O–H groups in total. The van der Waals surface area contributed by atoms with Crippen molar-refractivity contribution in [3.63, 3.8) is 0 Å². The van der Waals surface area contributed by atoms with E-state index in [-0.39, 0.29) is 10.9 Å². The summed E-state index contributed by atoms with van der Waals surface area (Å²) in [5.41, 5.74) is 5.61. The molecule has 3 aromatic rings. The van der Waals surface area contributed by atoms with Crippen molar-refractivity contribution in [1.82, 2.24) is 10.4 Å². The highest BCUT2D eigenvalue weighted by atomic mass is 32.2. The Labute approximate surface area is 178 Å². The Morgan fingerprint density at radius 3 is 2.57 bits per heavy atom. The first-order valence-corrected chi connectivity index (χ1v) is 11.7. The van der Waals surface area contributed by atoms with E-state index in [2.05, 4.69) is 10.4 Å². The van der Waals surface area contributed by atoms with Gasteiger partial charge in [-0.1, -0.05) is 12.1 Å². The summed E-state index contributed by atoms with van der Waals surface area (Å²) in [6.07, 6.45) is 6.36. The molecule has 0 spiro atoms. The van der Waals surface area contributed by atoms with E-state index in [1.54, 1.807) is 30.6 Å². The predicted molar refractivity (Wildman–Crippen MR) is 116 cm³/mol. The molecule has 0 fully saturated rings. The number of pyridine rings is 1. The van der Waals surface area contributed by atoms with Gasteiger partial charge in [-0.15, -0.1) is 11.3 Å². The quantitative estimate of drug-likeness (QED) is 0.609. The number of hydrogen-bond acceptors (Lipinski definition) is 8. The van der Waals surface area contributed by atoms with Crippen LogP contribution < -0.4 is 10.4 Å². The lowest BCUT2D eigenvalue weighted by atomic mass is 10.2. The fourth-order valence-corrected chi connectivity index (χ4v) is 4.82. The lowest BCUT2D eigenvalue weighted by molar-refractivity contribution is -0.141. The second kappa shape index (κ2) is 8.02. The third-order valence-corrected chi connectivity index (χ3v) is 6.88. The Morgan fingerprint density at radius 2 is 1.87 bits per heavy atom. The number of nitrogens with zero attached hydrogens (tertiary/aromatic N) is 2. The summed E-state index contributed by atoms with van der Waals surface area (Å²) in [6, 6.07) is 13.8. The van der Waals surface area contributed by atoms with Gasteiger partial charge in [0.2, 0.25) is 0 Å². The van der Waals surface area contributed by atoms with Gasteiger partial charge in [0.25, 0.3) is 0 Å². The van der Waals surface area contributed by atoms with E-state index in [0.717, 1.165) is 26.7 Å². The number of nitrogens with one attached hydrogen (secondary N) is 1. The molecule has 1 aliphatic rings. The Morgan fingerprint density at radius 1 is 1.13 bits per heavy atom. The second-order valence-electron chi connectivity index (χ2n) is 6.69. The van der Waals surface area contributed by atoms with Gasteiger partial charge in [-0.3, -0.25) is 9.99 Å². The Hall–Kier alpha value is -3.01. The first kappa shape index (κ1) is 20.3. The van der Waals surface area contributed by atoms with Gasteiger partial charge in [-0.05, 0) is 48.0 Å². The molecule has 7 nitrogen and oxygen atoms in total. The fourth-order valence-electron chi connectivity index (χ4n) is 3.14. The van der Waals surface area contributed by atoms with Crippen LogP contribution in [0.5, 0.6) is 0 Å². The minimum absolute atomic E-state index is 0.279. The van der Waals surface area contributed by atoms with Crippen molar-refractivity contribution in [2.75, 3.05) is 18.4 Å². The summed E-state index contributed by atoms with van der Waals surface area (Å²) in [5, 5.41) is 1.83. The van der Waals surface area contributed by atoms with Crippen molar-refractivity contribution >= 4 is 38.5 Å². The second-order valence-corrected chi connectivity index (χ2v) is 9.79. The molecule has 0 amide bonds. The molecule has 0 aliphatic carbocycles. The topological polar surface area (TPSA) is 88.6 Å². The molecular formula is C21H19N3O4S2. The highest BCUT2D eigenvalue weighted by Crippen LogP contribution is 2.37. The number of carbonyl (C=O) groups excluding carboxylic acids is 1. The Balaban J connectivity index is 1.72. The van der Waals surface area contributed by atoms with Crippen LogP contribution in [0.1, 0.15) is 4.88 Å². The normalized spacial score (nSPS) is 16.4. The number of carbonyl (C=O) groups is 1. The summed E-state index contributed by atoms with van der Waals surface area (Å²) in [7, 11) is -1.94. The molecule has 0 radical (unpaired) electrons. The van der Waals surface area contributed by atoms with Crippen LogP contribution in [0.15, 0.2) is 71.9 Å². The summed E-state index contributed by atoms with van der Waals surface area (Å²) in [5.74, 6) is -0.387. The van der Waals surface area contributed by atoms with Crippen molar-refractivity contribution in [3.05, 3.63) is 71.9 Å². The maximum atomic E-state index is 12.1. The van der Waals surface area contributed by atoms with Crippen molar-refractivity contribution in [1.29, 1.82) is 0 Å². The number of rotatable bonds is 5. The molecule has 9 heteroatoms. The lowest BCUT2D eigenvalue weighted by Gasteiger charge is -2.22. The number of esters is 1. The third-order valence-electron chi connectivity index (χ3n) is 4.61. The van der Waals surface area contributed by atoms with Gasteiger partial charge in [-0.25, -0.2) is 18.6 Å². The highest BCUT2D eigenvalue weighted by Gasteiger charge is 2.31. The average molecular weight is 442 g/mol. The van der Waals surface area contributed by atoms with Crippen molar-refractivity contribution in [2.45, 2.75) is 10.9 Å². The van der Waals surface area contributed by atoms with Crippen LogP contribution in [0, 0.1) is 0 Å². The van der Waals surface area contributed by atoms with E-state index in [0.29, 0.717) is 0 Å². The van der Waals surface area contributed by atoms with E-state index >= 15 is 0 Å². The zero-order chi connectivity index (χ0) is 21.3. The number of anilines is 1. The minimum atomic E-state index is -3.29. The molecule has 1 unspecified atom stereocenters. The molecule has 0 bridgehead atoms. The molecule has 2 aromatic heterocycles. The van der Waals surface area contributed by atoms with Crippen LogP contribution in [0.4, 0.5) is 5.69 Å². The maximum Gasteiger partial charge on any atom is 0.328 e. The number of hydrazine groups is 1. The Kier molecular flexibility index (Phi) is 5.42. The monoisotopic (exact) mass is 441 g/mol. The van der Waals surface area contributed by atoms with Gasteiger partial charge >= 0.3 is 5.97 Å². The first-order chi connectivity index (χ1) is 14.4. The summed E-state index contributed by atoms with van der Waals surface area (Å²) >= 11 is 1.51. The predicted octanol–water partition coefficient (Wildman–Crippen LogP) is 3.12. The lowest BCUT2D eigenvalue weighted by Crippen LogP contribution is -2.41. The molecular weight excluding hydrogens is 422 g/mol. The van der Waals surface area contributed by atoms with Gasteiger partial charge in [0.15, 0.2) is 9.84 Å².